The zero-order valence-corrected chi connectivity index (χ0v) is 18.9. The number of benzene rings is 2. The van der Waals surface area contributed by atoms with Crippen LogP contribution in [0.5, 0.6) is 0 Å². The second-order valence-corrected chi connectivity index (χ2v) is 9.09. The van der Waals surface area contributed by atoms with E-state index in [0.29, 0.717) is 23.0 Å². The number of aromatic amines is 1. The van der Waals surface area contributed by atoms with E-state index in [1.807, 2.05) is 26.0 Å². The Bertz CT molecular complexity index is 1440. The van der Waals surface area contributed by atoms with Crippen molar-refractivity contribution in [2.24, 2.45) is 0 Å². The minimum atomic E-state index is -0.808. The first kappa shape index (κ1) is 22.0. The monoisotopic (exact) mass is 460 g/mol. The molecule has 2 aromatic carbocycles. The van der Waals surface area contributed by atoms with Crippen molar-refractivity contribution in [2.45, 2.75) is 31.8 Å². The number of hydrogen-bond donors (Lipinski definition) is 3. The number of H-pyrrole nitrogens is 1. The van der Waals surface area contributed by atoms with Crippen molar-refractivity contribution in [1.82, 2.24) is 15.3 Å². The number of ether oxygens (including phenoxy) is 1. The average Bonchev–Trinajstić information content (AvgIpc) is 3.32. The molecule has 0 saturated carbocycles. The van der Waals surface area contributed by atoms with E-state index in [9.17, 15) is 14.0 Å². The summed E-state index contributed by atoms with van der Waals surface area (Å²) in [5, 5.41) is 6.88. The first-order valence-electron chi connectivity index (χ1n) is 11.2. The fourth-order valence-electron chi connectivity index (χ4n) is 4.25. The van der Waals surface area contributed by atoms with E-state index in [2.05, 4.69) is 20.6 Å². The lowest BCUT2D eigenvalue weighted by Gasteiger charge is -2.27. The van der Waals surface area contributed by atoms with Crippen molar-refractivity contribution in [2.75, 3.05) is 18.5 Å². The predicted molar refractivity (Wildman–Crippen MR) is 130 cm³/mol. The number of halogens is 1. The summed E-state index contributed by atoms with van der Waals surface area (Å²) < 4.78 is 20.3. The predicted octanol–water partition coefficient (Wildman–Crippen LogP) is 4.08. The van der Waals surface area contributed by atoms with Crippen LogP contribution < -0.4 is 16.1 Å². The van der Waals surface area contributed by atoms with Gasteiger partial charge in [0.15, 0.2) is 5.43 Å². The van der Waals surface area contributed by atoms with E-state index in [1.54, 1.807) is 30.5 Å². The van der Waals surface area contributed by atoms with Crippen molar-refractivity contribution in [3.8, 4) is 0 Å². The van der Waals surface area contributed by atoms with E-state index in [0.717, 1.165) is 30.5 Å². The lowest BCUT2D eigenvalue weighted by Crippen LogP contribution is -2.41. The molecule has 1 aliphatic rings. The number of aromatic nitrogens is 2. The Hall–Kier alpha value is -3.78. The Balaban J connectivity index is 1.40. The van der Waals surface area contributed by atoms with Gasteiger partial charge in [-0.1, -0.05) is 18.2 Å². The number of amides is 1. The second kappa shape index (κ2) is 8.53. The molecule has 1 amide bonds. The summed E-state index contributed by atoms with van der Waals surface area (Å²) >= 11 is 0. The van der Waals surface area contributed by atoms with Crippen LogP contribution in [0.25, 0.3) is 21.8 Å². The third kappa shape index (κ3) is 4.12. The van der Waals surface area contributed by atoms with Crippen LogP contribution in [0.2, 0.25) is 0 Å². The molecule has 0 radical (unpaired) electrons. The van der Waals surface area contributed by atoms with Gasteiger partial charge in [-0.15, -0.1) is 0 Å². The molecule has 3 heterocycles. The molecule has 1 atom stereocenters. The molecule has 2 aromatic heterocycles. The van der Waals surface area contributed by atoms with Crippen LogP contribution in [-0.2, 0) is 10.3 Å². The van der Waals surface area contributed by atoms with Gasteiger partial charge in [-0.2, -0.15) is 0 Å². The maximum Gasteiger partial charge on any atom is 0.255 e. The molecule has 5 rings (SSSR count). The quantitative estimate of drug-likeness (QED) is 0.390. The molecule has 4 aromatic rings. The molecule has 8 heteroatoms. The molecule has 1 fully saturated rings. The van der Waals surface area contributed by atoms with Crippen LogP contribution in [0.1, 0.15) is 36.2 Å². The van der Waals surface area contributed by atoms with Gasteiger partial charge in [0.05, 0.1) is 29.3 Å². The molecule has 7 nitrogen and oxygen atoms in total. The first-order chi connectivity index (χ1) is 16.3. The molecule has 174 valence electrons. The highest BCUT2D eigenvalue weighted by Gasteiger charge is 2.26. The number of nitrogens with one attached hydrogen (secondary N) is 3. The lowest BCUT2D eigenvalue weighted by atomic mass is 9.95. The third-order valence-corrected chi connectivity index (χ3v) is 6.23. The molecule has 0 aliphatic carbocycles. The molecular weight excluding hydrogens is 435 g/mol. The van der Waals surface area contributed by atoms with Gasteiger partial charge in [0, 0.05) is 29.1 Å². The number of carbonyl (C=O) groups is 1. The average molecular weight is 461 g/mol. The zero-order valence-electron chi connectivity index (χ0n) is 18.9. The standard InChI is InChI=1S/C26H25FN4O3/c1-26(2,15-7-8-23(28-13-15)29-16-9-10-34-14-16)31-25(33)18-12-22-19(11-20(18)27)24(32)17-5-3-4-6-21(17)30-22/h3-8,11-13,16H,9-10,14H2,1-2H3,(H,28,29)(H,30,32)(H,31,33)/t16-/m1/s1. The summed E-state index contributed by atoms with van der Waals surface area (Å²) in [6.07, 6.45) is 2.63. The third-order valence-electron chi connectivity index (χ3n) is 6.23. The number of rotatable bonds is 5. The van der Waals surface area contributed by atoms with Gasteiger partial charge in [0.25, 0.3) is 5.91 Å². The number of fused-ring (bicyclic) bond motifs is 2. The Kier molecular flexibility index (Phi) is 5.53. The van der Waals surface area contributed by atoms with Gasteiger partial charge in [-0.3, -0.25) is 9.59 Å². The number of pyridine rings is 2. The van der Waals surface area contributed by atoms with Gasteiger partial charge in [-0.05, 0) is 56.2 Å². The maximum absolute atomic E-state index is 14.9. The fourth-order valence-corrected chi connectivity index (χ4v) is 4.25. The van der Waals surface area contributed by atoms with E-state index in [-0.39, 0.29) is 22.4 Å². The van der Waals surface area contributed by atoms with Crippen molar-refractivity contribution in [1.29, 1.82) is 0 Å². The van der Waals surface area contributed by atoms with Crippen LogP contribution >= 0.6 is 0 Å². The number of nitrogens with zero attached hydrogens (tertiary/aromatic N) is 1. The Morgan fingerprint density at radius 2 is 1.97 bits per heavy atom. The Morgan fingerprint density at radius 3 is 2.71 bits per heavy atom. The smallest absolute Gasteiger partial charge is 0.255 e. The SMILES string of the molecule is CC(C)(NC(=O)c1cc2[nH]c3ccccc3c(=O)c2cc1F)c1ccc(N[C@@H]2CCOC2)nc1. The first-order valence-corrected chi connectivity index (χ1v) is 11.2. The summed E-state index contributed by atoms with van der Waals surface area (Å²) in [5.74, 6) is -0.597. The van der Waals surface area contributed by atoms with Crippen molar-refractivity contribution < 1.29 is 13.9 Å². The lowest BCUT2D eigenvalue weighted by molar-refractivity contribution is 0.0908. The summed E-state index contributed by atoms with van der Waals surface area (Å²) in [4.78, 5) is 33.4. The normalized spacial score (nSPS) is 16.1. The van der Waals surface area contributed by atoms with Gasteiger partial charge >= 0.3 is 0 Å². The van der Waals surface area contributed by atoms with Crippen LogP contribution in [0.3, 0.4) is 0 Å². The zero-order chi connectivity index (χ0) is 23.9. The minimum absolute atomic E-state index is 0.140. The van der Waals surface area contributed by atoms with Gasteiger partial charge < -0.3 is 20.4 Å². The maximum atomic E-state index is 14.9. The second-order valence-electron chi connectivity index (χ2n) is 9.09. The molecule has 0 unspecified atom stereocenters. The van der Waals surface area contributed by atoms with Crippen molar-refractivity contribution in [3.05, 3.63) is 81.9 Å². The molecule has 0 spiro atoms. The number of carbonyl (C=O) groups excluding carboxylic acids is 1. The summed E-state index contributed by atoms with van der Waals surface area (Å²) in [7, 11) is 0. The summed E-state index contributed by atoms with van der Waals surface area (Å²) in [6, 6.07) is 13.5. The number of hydrogen-bond acceptors (Lipinski definition) is 5. The molecule has 3 N–H and O–H groups in total. The van der Waals surface area contributed by atoms with Crippen molar-refractivity contribution >= 4 is 33.5 Å². The van der Waals surface area contributed by atoms with Crippen LogP contribution in [-0.4, -0.2) is 35.1 Å². The Morgan fingerprint density at radius 1 is 1.15 bits per heavy atom. The van der Waals surface area contributed by atoms with E-state index < -0.39 is 17.3 Å². The number of anilines is 1. The molecule has 0 bridgehead atoms. The van der Waals surface area contributed by atoms with Crippen molar-refractivity contribution in [3.63, 3.8) is 0 Å². The van der Waals surface area contributed by atoms with E-state index >= 15 is 0 Å². The van der Waals surface area contributed by atoms with Crippen LogP contribution in [0.15, 0.2) is 59.5 Å². The van der Waals surface area contributed by atoms with Gasteiger partial charge in [0.2, 0.25) is 0 Å². The largest absolute Gasteiger partial charge is 0.379 e. The van der Waals surface area contributed by atoms with E-state index in [4.69, 9.17) is 4.74 Å². The van der Waals surface area contributed by atoms with Gasteiger partial charge in [0.1, 0.15) is 11.6 Å². The summed E-state index contributed by atoms with van der Waals surface area (Å²) in [5.41, 5.74) is 0.577. The molecule has 1 aliphatic heterocycles. The highest BCUT2D eigenvalue weighted by Crippen LogP contribution is 2.24. The highest BCUT2D eigenvalue weighted by atomic mass is 19.1. The Labute approximate surface area is 195 Å². The highest BCUT2D eigenvalue weighted by molar-refractivity contribution is 6.00. The fraction of sp³-hybridized carbons (Fsp3) is 0.269. The minimum Gasteiger partial charge on any atom is -0.379 e. The molecule has 34 heavy (non-hydrogen) atoms. The van der Waals surface area contributed by atoms with Crippen LogP contribution in [0.4, 0.5) is 10.2 Å². The van der Waals surface area contributed by atoms with E-state index in [1.165, 1.54) is 6.07 Å². The van der Waals surface area contributed by atoms with Crippen LogP contribution in [0, 0.1) is 5.82 Å². The molecular formula is C26H25FN4O3. The van der Waals surface area contributed by atoms with Gasteiger partial charge in [-0.25, -0.2) is 9.37 Å². The number of para-hydroxylation sites is 1. The summed E-state index contributed by atoms with van der Waals surface area (Å²) in [6.45, 7) is 5.05. The topological polar surface area (TPSA) is 96.1 Å². The molecule has 1 saturated heterocycles.